The van der Waals surface area contributed by atoms with E-state index in [9.17, 15) is 4.79 Å². The van der Waals surface area contributed by atoms with Gasteiger partial charge in [0.05, 0.1) is 34.1 Å². The Labute approximate surface area is 186 Å². The second-order valence-electron chi connectivity index (χ2n) is 7.30. The molecule has 0 bridgehead atoms. The summed E-state index contributed by atoms with van der Waals surface area (Å²) in [6.07, 6.45) is 5.25. The van der Waals surface area contributed by atoms with Gasteiger partial charge in [0.2, 0.25) is 5.75 Å². The first kappa shape index (κ1) is 21.5. The van der Waals surface area contributed by atoms with Crippen molar-refractivity contribution < 1.29 is 23.4 Å². The molecule has 32 heavy (non-hydrogen) atoms. The molecule has 9 heteroatoms. The number of benzene rings is 1. The van der Waals surface area contributed by atoms with Crippen LogP contribution in [0.5, 0.6) is 17.2 Å². The number of aromatic nitrogens is 2. The first-order chi connectivity index (χ1) is 15.6. The summed E-state index contributed by atoms with van der Waals surface area (Å²) in [7, 11) is 4.67. The van der Waals surface area contributed by atoms with Crippen molar-refractivity contribution in [2.24, 2.45) is 0 Å². The fraction of sp³-hybridized carbons (Fsp3) is 0.348. The first-order valence-electron chi connectivity index (χ1n) is 10.4. The van der Waals surface area contributed by atoms with Gasteiger partial charge >= 0.3 is 0 Å². The van der Waals surface area contributed by atoms with Crippen LogP contribution in [0.4, 0.5) is 5.82 Å². The predicted octanol–water partition coefficient (Wildman–Crippen LogP) is 3.29. The van der Waals surface area contributed by atoms with Crippen molar-refractivity contribution >= 4 is 11.7 Å². The molecule has 0 aliphatic carbocycles. The van der Waals surface area contributed by atoms with E-state index in [1.165, 1.54) is 0 Å². The molecule has 168 valence electrons. The van der Waals surface area contributed by atoms with Gasteiger partial charge in [0, 0.05) is 24.8 Å². The summed E-state index contributed by atoms with van der Waals surface area (Å²) >= 11 is 0. The van der Waals surface area contributed by atoms with Crippen LogP contribution in [0.25, 0.3) is 11.4 Å². The summed E-state index contributed by atoms with van der Waals surface area (Å²) in [6, 6.07) is 7.18. The molecular weight excluding hydrogens is 412 g/mol. The number of amides is 1. The number of anilines is 1. The van der Waals surface area contributed by atoms with E-state index in [0.29, 0.717) is 52.3 Å². The van der Waals surface area contributed by atoms with Crippen molar-refractivity contribution in [3.63, 3.8) is 0 Å². The van der Waals surface area contributed by atoms with Crippen LogP contribution in [0, 0.1) is 0 Å². The zero-order chi connectivity index (χ0) is 22.5. The molecule has 2 aromatic heterocycles. The number of furan rings is 1. The Morgan fingerprint density at radius 2 is 1.84 bits per heavy atom. The van der Waals surface area contributed by atoms with E-state index in [2.05, 4.69) is 15.2 Å². The van der Waals surface area contributed by atoms with Crippen LogP contribution < -0.4 is 24.4 Å². The van der Waals surface area contributed by atoms with E-state index in [4.69, 9.17) is 23.6 Å². The SMILES string of the molecule is COc1cc(-c2ncc(C(=O)NCc3ccco3)c(N3CCCC3)n2)cc(OC)c1OC. The van der Waals surface area contributed by atoms with Gasteiger partial charge in [0.25, 0.3) is 5.91 Å². The van der Waals surface area contributed by atoms with Gasteiger partial charge in [0.15, 0.2) is 17.3 Å². The van der Waals surface area contributed by atoms with Gasteiger partial charge in [-0.25, -0.2) is 9.97 Å². The third-order valence-electron chi connectivity index (χ3n) is 5.35. The molecule has 1 fully saturated rings. The molecule has 0 spiro atoms. The summed E-state index contributed by atoms with van der Waals surface area (Å²) < 4.78 is 21.6. The van der Waals surface area contributed by atoms with Crippen molar-refractivity contribution in [3.05, 3.63) is 48.0 Å². The summed E-state index contributed by atoms with van der Waals surface area (Å²) in [5, 5.41) is 2.88. The predicted molar refractivity (Wildman–Crippen MR) is 118 cm³/mol. The number of carbonyl (C=O) groups is 1. The van der Waals surface area contributed by atoms with Crippen LogP contribution in [-0.2, 0) is 6.54 Å². The van der Waals surface area contributed by atoms with Crippen LogP contribution in [0.1, 0.15) is 29.0 Å². The van der Waals surface area contributed by atoms with Crippen molar-refractivity contribution in [2.45, 2.75) is 19.4 Å². The molecule has 0 atom stereocenters. The Bertz CT molecular complexity index is 1050. The maximum atomic E-state index is 12.9. The number of methoxy groups -OCH3 is 3. The highest BCUT2D eigenvalue weighted by Crippen LogP contribution is 2.40. The van der Waals surface area contributed by atoms with E-state index in [1.54, 1.807) is 52.0 Å². The molecule has 3 heterocycles. The van der Waals surface area contributed by atoms with Crippen molar-refractivity contribution in [2.75, 3.05) is 39.3 Å². The summed E-state index contributed by atoms with van der Waals surface area (Å²) in [6.45, 7) is 1.97. The smallest absolute Gasteiger partial charge is 0.256 e. The lowest BCUT2D eigenvalue weighted by atomic mass is 10.1. The second kappa shape index (κ2) is 9.59. The molecule has 0 saturated carbocycles. The Morgan fingerprint density at radius 3 is 2.44 bits per heavy atom. The third kappa shape index (κ3) is 4.32. The average molecular weight is 438 g/mol. The zero-order valence-corrected chi connectivity index (χ0v) is 18.4. The lowest BCUT2D eigenvalue weighted by molar-refractivity contribution is 0.0948. The van der Waals surface area contributed by atoms with Gasteiger partial charge in [0.1, 0.15) is 17.1 Å². The standard InChI is InChI=1S/C23H26N4O5/c1-29-18-11-15(12-19(30-2)20(18)31-3)21-24-14-17(22(26-21)27-8-4-5-9-27)23(28)25-13-16-7-6-10-32-16/h6-7,10-12,14H,4-5,8-9,13H2,1-3H3,(H,25,28). The van der Waals surface area contributed by atoms with Crippen LogP contribution in [0.2, 0.25) is 0 Å². The van der Waals surface area contributed by atoms with E-state index in [-0.39, 0.29) is 5.91 Å². The minimum atomic E-state index is -0.250. The first-order valence-corrected chi connectivity index (χ1v) is 10.4. The summed E-state index contributed by atoms with van der Waals surface area (Å²) in [4.78, 5) is 24.3. The van der Waals surface area contributed by atoms with Gasteiger partial charge in [-0.1, -0.05) is 0 Å². The quantitative estimate of drug-likeness (QED) is 0.572. The van der Waals surface area contributed by atoms with Crippen LogP contribution in [-0.4, -0.2) is 50.3 Å². The van der Waals surface area contributed by atoms with Crippen LogP contribution >= 0.6 is 0 Å². The number of hydrogen-bond acceptors (Lipinski definition) is 8. The lowest BCUT2D eigenvalue weighted by Crippen LogP contribution is -2.28. The molecule has 1 aliphatic rings. The third-order valence-corrected chi connectivity index (χ3v) is 5.35. The van der Waals surface area contributed by atoms with Gasteiger partial charge in [-0.2, -0.15) is 0 Å². The monoisotopic (exact) mass is 438 g/mol. The summed E-state index contributed by atoms with van der Waals surface area (Å²) in [5.41, 5.74) is 1.12. The second-order valence-corrected chi connectivity index (χ2v) is 7.30. The van der Waals surface area contributed by atoms with Crippen LogP contribution in [0.3, 0.4) is 0 Å². The molecule has 1 saturated heterocycles. The van der Waals surface area contributed by atoms with Crippen molar-refractivity contribution in [1.82, 2.24) is 15.3 Å². The highest BCUT2D eigenvalue weighted by Gasteiger charge is 2.24. The van der Waals surface area contributed by atoms with Gasteiger partial charge < -0.3 is 28.8 Å². The highest BCUT2D eigenvalue weighted by atomic mass is 16.5. The number of ether oxygens (including phenoxy) is 3. The number of nitrogens with zero attached hydrogens (tertiary/aromatic N) is 3. The maximum absolute atomic E-state index is 12.9. The Balaban J connectivity index is 1.70. The fourth-order valence-corrected chi connectivity index (χ4v) is 3.73. The molecule has 4 rings (SSSR count). The van der Waals surface area contributed by atoms with E-state index in [0.717, 1.165) is 25.9 Å². The van der Waals surface area contributed by atoms with Gasteiger partial charge in [-0.15, -0.1) is 0 Å². The number of carbonyl (C=O) groups excluding carboxylic acids is 1. The zero-order valence-electron chi connectivity index (χ0n) is 18.4. The van der Waals surface area contributed by atoms with Crippen molar-refractivity contribution in [1.29, 1.82) is 0 Å². The largest absolute Gasteiger partial charge is 0.493 e. The van der Waals surface area contributed by atoms with E-state index >= 15 is 0 Å². The van der Waals surface area contributed by atoms with Gasteiger partial charge in [-0.3, -0.25) is 4.79 Å². The average Bonchev–Trinajstić information content (AvgIpc) is 3.55. The Morgan fingerprint density at radius 1 is 1.12 bits per heavy atom. The topological polar surface area (TPSA) is 99.0 Å². The minimum absolute atomic E-state index is 0.250. The highest BCUT2D eigenvalue weighted by molar-refractivity contribution is 5.99. The number of nitrogens with one attached hydrogen (secondary N) is 1. The molecule has 1 aliphatic heterocycles. The molecule has 0 radical (unpaired) electrons. The maximum Gasteiger partial charge on any atom is 0.256 e. The van der Waals surface area contributed by atoms with Gasteiger partial charge in [-0.05, 0) is 37.1 Å². The molecule has 3 aromatic rings. The fourth-order valence-electron chi connectivity index (χ4n) is 3.73. The molecule has 1 N–H and O–H groups in total. The molecule has 0 unspecified atom stereocenters. The molecule has 1 aromatic carbocycles. The number of rotatable bonds is 8. The number of hydrogen-bond donors (Lipinski definition) is 1. The van der Waals surface area contributed by atoms with Crippen LogP contribution in [0.15, 0.2) is 41.1 Å². The summed E-state index contributed by atoms with van der Waals surface area (Å²) in [5.74, 6) is 3.01. The van der Waals surface area contributed by atoms with E-state index in [1.807, 2.05) is 6.07 Å². The Kier molecular flexibility index (Phi) is 6.44. The lowest BCUT2D eigenvalue weighted by Gasteiger charge is -2.20. The van der Waals surface area contributed by atoms with Crippen molar-refractivity contribution in [3.8, 4) is 28.6 Å². The Hall–Kier alpha value is -3.75. The minimum Gasteiger partial charge on any atom is -0.493 e. The molecular formula is C23H26N4O5. The normalized spacial score (nSPS) is 13.2. The molecule has 9 nitrogen and oxygen atoms in total. The molecule has 1 amide bonds. The van der Waals surface area contributed by atoms with E-state index < -0.39 is 0 Å².